The standard InChI is InChI=1S/C48H30N2S/c1-2-10-35(11-3-1)48-49-44(33-22-18-31(19-23-33)36-26-27-47-43(28-36)41-16-8-9-17-46(41)51-47)30-45(50-48)34-24-20-32(21-25-34)42-29-37-12-4-5-13-38(37)39-14-6-7-15-40(39)42/h1-30H/i29D. The van der Waals surface area contributed by atoms with Gasteiger partial charge in [-0.15, -0.1) is 11.3 Å². The highest BCUT2D eigenvalue weighted by molar-refractivity contribution is 7.25. The third-order valence-electron chi connectivity index (χ3n) is 9.79. The summed E-state index contributed by atoms with van der Waals surface area (Å²) < 4.78 is 11.9. The van der Waals surface area contributed by atoms with E-state index in [2.05, 4.69) is 140 Å². The number of aromatic nitrogens is 2. The maximum atomic E-state index is 9.23. The van der Waals surface area contributed by atoms with Crippen molar-refractivity contribution in [1.82, 2.24) is 9.97 Å². The van der Waals surface area contributed by atoms with Crippen LogP contribution >= 0.6 is 11.3 Å². The summed E-state index contributed by atoms with van der Waals surface area (Å²) >= 11 is 1.84. The lowest BCUT2D eigenvalue weighted by molar-refractivity contribution is 1.18. The molecule has 0 saturated heterocycles. The van der Waals surface area contributed by atoms with Crippen molar-refractivity contribution in [3.8, 4) is 56.2 Å². The van der Waals surface area contributed by atoms with Crippen molar-refractivity contribution in [2.45, 2.75) is 0 Å². The molecule has 0 N–H and O–H groups in total. The molecule has 0 amide bonds. The summed E-state index contributed by atoms with van der Waals surface area (Å²) in [6.07, 6.45) is 0. The Labute approximate surface area is 301 Å². The van der Waals surface area contributed by atoms with Gasteiger partial charge in [-0.25, -0.2) is 9.97 Å². The van der Waals surface area contributed by atoms with Crippen LogP contribution in [-0.4, -0.2) is 9.97 Å². The van der Waals surface area contributed by atoms with Gasteiger partial charge in [0.15, 0.2) is 5.82 Å². The first-order valence-electron chi connectivity index (χ1n) is 17.7. The summed E-state index contributed by atoms with van der Waals surface area (Å²) in [5.41, 5.74) is 9.04. The van der Waals surface area contributed by atoms with Crippen LogP contribution in [0, 0.1) is 0 Å². The van der Waals surface area contributed by atoms with E-state index in [4.69, 9.17) is 9.97 Å². The number of hydrogen-bond donors (Lipinski definition) is 0. The van der Waals surface area contributed by atoms with E-state index in [0.29, 0.717) is 11.9 Å². The quantitative estimate of drug-likeness (QED) is 0.171. The SMILES string of the molecule is [2H]c1c(-c2ccc(-c3cc(-c4ccc(-c5ccc6sc7ccccc7c6c5)cc4)nc(-c4ccccc4)n3)cc2)c2ccccc2c2ccccc12. The largest absolute Gasteiger partial charge is 0.228 e. The zero-order valence-electron chi connectivity index (χ0n) is 28.5. The summed E-state index contributed by atoms with van der Waals surface area (Å²) in [7, 11) is 0. The summed E-state index contributed by atoms with van der Waals surface area (Å²) in [4.78, 5) is 10.2. The van der Waals surface area contributed by atoms with E-state index >= 15 is 0 Å². The molecular weight excluding hydrogens is 637 g/mol. The number of thiophene rings is 1. The van der Waals surface area contributed by atoms with Gasteiger partial charge in [-0.05, 0) is 74.1 Å². The maximum Gasteiger partial charge on any atom is 0.160 e. The van der Waals surface area contributed by atoms with E-state index in [1.54, 1.807) is 0 Å². The second-order valence-corrected chi connectivity index (χ2v) is 14.0. The van der Waals surface area contributed by atoms with Gasteiger partial charge >= 0.3 is 0 Å². The first-order chi connectivity index (χ1) is 25.7. The molecule has 8 aromatic carbocycles. The fourth-order valence-corrected chi connectivity index (χ4v) is 8.29. The summed E-state index contributed by atoms with van der Waals surface area (Å²) in [6.45, 7) is 0. The molecule has 0 aliphatic heterocycles. The predicted molar refractivity (Wildman–Crippen MR) is 217 cm³/mol. The van der Waals surface area contributed by atoms with Crippen molar-refractivity contribution in [2.24, 2.45) is 0 Å². The molecule has 51 heavy (non-hydrogen) atoms. The molecule has 0 radical (unpaired) electrons. The highest BCUT2D eigenvalue weighted by atomic mass is 32.1. The zero-order chi connectivity index (χ0) is 34.6. The van der Waals surface area contributed by atoms with E-state index in [9.17, 15) is 1.37 Å². The normalized spacial score (nSPS) is 11.8. The molecule has 0 aliphatic carbocycles. The molecule has 2 aromatic heterocycles. The van der Waals surface area contributed by atoms with E-state index in [1.807, 2.05) is 47.7 Å². The van der Waals surface area contributed by atoms with Crippen molar-refractivity contribution < 1.29 is 1.37 Å². The molecule has 238 valence electrons. The van der Waals surface area contributed by atoms with E-state index in [1.165, 1.54) is 31.3 Å². The number of fused-ring (bicyclic) bond motifs is 6. The van der Waals surface area contributed by atoms with Gasteiger partial charge in [0.25, 0.3) is 0 Å². The molecule has 0 saturated carbocycles. The van der Waals surface area contributed by atoms with Crippen molar-refractivity contribution in [1.29, 1.82) is 0 Å². The third-order valence-corrected chi connectivity index (χ3v) is 10.9. The minimum absolute atomic E-state index is 0.546. The van der Waals surface area contributed by atoms with Crippen LogP contribution in [0.2, 0.25) is 0 Å². The van der Waals surface area contributed by atoms with E-state index < -0.39 is 0 Å². The molecule has 3 heteroatoms. The van der Waals surface area contributed by atoms with E-state index in [-0.39, 0.29) is 0 Å². The van der Waals surface area contributed by atoms with Crippen molar-refractivity contribution in [3.63, 3.8) is 0 Å². The van der Waals surface area contributed by atoms with Gasteiger partial charge in [0.2, 0.25) is 0 Å². The molecule has 2 nitrogen and oxygen atoms in total. The minimum Gasteiger partial charge on any atom is -0.228 e. The average Bonchev–Trinajstić information content (AvgIpc) is 3.59. The van der Waals surface area contributed by atoms with Gasteiger partial charge in [0.05, 0.1) is 12.8 Å². The van der Waals surface area contributed by atoms with Crippen LogP contribution < -0.4 is 0 Å². The van der Waals surface area contributed by atoms with Crippen LogP contribution in [0.5, 0.6) is 0 Å². The summed E-state index contributed by atoms with van der Waals surface area (Å²) in [6, 6.07) is 62.0. The Kier molecular flexibility index (Phi) is 6.78. The van der Waals surface area contributed by atoms with Crippen LogP contribution in [0.3, 0.4) is 0 Å². The van der Waals surface area contributed by atoms with Crippen LogP contribution in [0.1, 0.15) is 1.37 Å². The van der Waals surface area contributed by atoms with Gasteiger partial charge in [-0.2, -0.15) is 0 Å². The lowest BCUT2D eigenvalue weighted by atomic mass is 9.93. The van der Waals surface area contributed by atoms with Crippen molar-refractivity contribution in [2.75, 3.05) is 0 Å². The number of benzene rings is 8. The van der Waals surface area contributed by atoms with Crippen molar-refractivity contribution >= 4 is 53.1 Å². The molecule has 0 atom stereocenters. The predicted octanol–water partition coefficient (Wildman–Crippen LogP) is 13.5. The summed E-state index contributed by atoms with van der Waals surface area (Å²) in [5.74, 6) is 0.685. The first kappa shape index (κ1) is 28.4. The monoisotopic (exact) mass is 667 g/mol. The second kappa shape index (κ2) is 12.2. The van der Waals surface area contributed by atoms with Crippen LogP contribution in [0.4, 0.5) is 0 Å². The Balaban J connectivity index is 1.04. The molecule has 10 rings (SSSR count). The topological polar surface area (TPSA) is 25.8 Å². The highest BCUT2D eigenvalue weighted by Crippen LogP contribution is 2.38. The fourth-order valence-electron chi connectivity index (χ4n) is 7.20. The zero-order valence-corrected chi connectivity index (χ0v) is 28.4. The van der Waals surface area contributed by atoms with Crippen LogP contribution in [0.15, 0.2) is 182 Å². The minimum atomic E-state index is 0.546. The molecule has 0 aliphatic rings. The van der Waals surface area contributed by atoms with Gasteiger partial charge in [0, 0.05) is 36.9 Å². The Morgan fingerprint density at radius 1 is 0.373 bits per heavy atom. The fraction of sp³-hybridized carbons (Fsp3) is 0. The number of rotatable bonds is 5. The van der Waals surface area contributed by atoms with Gasteiger partial charge in [0.1, 0.15) is 0 Å². The maximum absolute atomic E-state index is 9.23. The lowest BCUT2D eigenvalue weighted by Gasteiger charge is -2.13. The molecule has 10 aromatic rings. The second-order valence-electron chi connectivity index (χ2n) is 12.9. The van der Waals surface area contributed by atoms with Crippen LogP contribution in [-0.2, 0) is 0 Å². The molecule has 0 bridgehead atoms. The number of nitrogens with zero attached hydrogens (tertiary/aromatic N) is 2. The van der Waals surface area contributed by atoms with Crippen molar-refractivity contribution in [3.05, 3.63) is 182 Å². The molecule has 0 fully saturated rings. The molecule has 0 spiro atoms. The highest BCUT2D eigenvalue weighted by Gasteiger charge is 2.13. The van der Waals surface area contributed by atoms with Gasteiger partial charge in [-0.3, -0.25) is 0 Å². The Morgan fingerprint density at radius 3 is 1.67 bits per heavy atom. The number of hydrogen-bond acceptors (Lipinski definition) is 3. The smallest absolute Gasteiger partial charge is 0.160 e. The first-order valence-corrected chi connectivity index (χ1v) is 18.0. The molecule has 2 heterocycles. The Hall–Kier alpha value is -6.42. The Morgan fingerprint density at radius 2 is 0.922 bits per heavy atom. The van der Waals surface area contributed by atoms with E-state index in [0.717, 1.165) is 60.8 Å². The third kappa shape index (κ3) is 5.27. The average molecular weight is 668 g/mol. The van der Waals surface area contributed by atoms with Gasteiger partial charge < -0.3 is 0 Å². The summed E-state index contributed by atoms with van der Waals surface area (Å²) in [5, 5.41) is 6.92. The molecular formula is C48H30N2S. The van der Waals surface area contributed by atoms with Gasteiger partial charge in [-0.1, -0.05) is 152 Å². The van der Waals surface area contributed by atoms with Crippen LogP contribution in [0.25, 0.3) is 97.9 Å². The lowest BCUT2D eigenvalue weighted by Crippen LogP contribution is -1.96. The molecule has 0 unspecified atom stereocenters. The Bertz CT molecular complexity index is 2950.